The minimum Gasteiger partial charge on any atom is -0.355 e. The lowest BCUT2D eigenvalue weighted by Crippen LogP contribution is -2.61. The van der Waals surface area contributed by atoms with Crippen LogP contribution in [0.4, 0.5) is 0 Å². The zero-order valence-electron chi connectivity index (χ0n) is 13.6. The molecule has 1 aromatic carbocycles. The van der Waals surface area contributed by atoms with Crippen molar-refractivity contribution in [2.75, 3.05) is 13.7 Å². The third-order valence-electron chi connectivity index (χ3n) is 4.16. The lowest BCUT2D eigenvalue weighted by Gasteiger charge is -2.47. The van der Waals surface area contributed by atoms with Gasteiger partial charge in [-0.25, -0.2) is 0 Å². The topological polar surface area (TPSA) is 85.7 Å². The van der Waals surface area contributed by atoms with Crippen LogP contribution < -0.4 is 0 Å². The quantitative estimate of drug-likeness (QED) is 0.462. The summed E-state index contributed by atoms with van der Waals surface area (Å²) in [5.74, 6) is 0.773. The van der Waals surface area contributed by atoms with Gasteiger partial charge >= 0.3 is 0 Å². The maximum atomic E-state index is 9.02. The lowest BCUT2D eigenvalue weighted by atomic mass is 9.98. The summed E-state index contributed by atoms with van der Waals surface area (Å²) in [4.78, 5) is 3.03. The van der Waals surface area contributed by atoms with Crippen molar-refractivity contribution < 1.29 is 18.9 Å². The van der Waals surface area contributed by atoms with Gasteiger partial charge in [0.1, 0.15) is 6.10 Å². The van der Waals surface area contributed by atoms with Gasteiger partial charge in [-0.1, -0.05) is 35.4 Å². The van der Waals surface area contributed by atoms with Crippen LogP contribution in [0.15, 0.2) is 35.4 Å². The second kappa shape index (κ2) is 8.20. The summed E-state index contributed by atoms with van der Waals surface area (Å²) in [7, 11) is 1.60. The predicted octanol–water partition coefficient (Wildman–Crippen LogP) is 3.10. The van der Waals surface area contributed by atoms with E-state index in [-0.39, 0.29) is 29.8 Å². The average Bonchev–Trinajstić information content (AvgIpc) is 2.61. The molecule has 0 saturated carbocycles. The Morgan fingerprint density at radius 3 is 2.83 bits per heavy atom. The third-order valence-corrected chi connectivity index (χ3v) is 5.55. The second-order valence-corrected chi connectivity index (χ2v) is 6.90. The Bertz CT molecular complexity index is 584. The number of benzene rings is 1. The molecule has 6 unspecified atom stereocenters. The van der Waals surface area contributed by atoms with Gasteiger partial charge in [-0.2, -0.15) is 0 Å². The number of rotatable bonds is 5. The van der Waals surface area contributed by atoms with Gasteiger partial charge in [-0.05, 0) is 18.0 Å². The van der Waals surface area contributed by atoms with E-state index >= 15 is 0 Å². The molecule has 0 aliphatic carbocycles. The first-order valence-electron chi connectivity index (χ1n) is 7.88. The third kappa shape index (κ3) is 3.85. The van der Waals surface area contributed by atoms with Crippen LogP contribution >= 0.6 is 11.8 Å². The number of hydrogen-bond donors (Lipinski definition) is 0. The molecule has 0 spiro atoms. The molecule has 3 rings (SSSR count). The van der Waals surface area contributed by atoms with E-state index in [1.165, 1.54) is 5.56 Å². The van der Waals surface area contributed by atoms with E-state index in [2.05, 4.69) is 22.2 Å². The summed E-state index contributed by atoms with van der Waals surface area (Å²) < 4.78 is 22.8. The number of azide groups is 1. The molecule has 130 valence electrons. The average molecular weight is 351 g/mol. The van der Waals surface area contributed by atoms with Crippen molar-refractivity contribution in [1.29, 1.82) is 0 Å². The molecule has 2 aliphatic heterocycles. The highest BCUT2D eigenvalue weighted by atomic mass is 32.2. The molecule has 2 aliphatic rings. The molecule has 24 heavy (non-hydrogen) atoms. The fourth-order valence-electron chi connectivity index (χ4n) is 3.01. The van der Waals surface area contributed by atoms with Crippen molar-refractivity contribution in [3.05, 3.63) is 46.3 Å². The minimum absolute atomic E-state index is 0.155. The highest BCUT2D eigenvalue weighted by Gasteiger charge is 2.49. The van der Waals surface area contributed by atoms with Crippen molar-refractivity contribution in [3.63, 3.8) is 0 Å². The Hall–Kier alpha value is -1.28. The smallest absolute Gasteiger partial charge is 0.170 e. The number of hydrogen-bond acceptors (Lipinski definition) is 6. The first-order valence-corrected chi connectivity index (χ1v) is 8.93. The number of thioether (sulfide) groups is 1. The Labute approximate surface area is 145 Å². The van der Waals surface area contributed by atoms with Gasteiger partial charge < -0.3 is 18.9 Å². The van der Waals surface area contributed by atoms with Crippen LogP contribution in [-0.4, -0.2) is 49.8 Å². The molecule has 1 aromatic rings. The van der Waals surface area contributed by atoms with E-state index in [0.29, 0.717) is 6.61 Å². The van der Waals surface area contributed by atoms with Gasteiger partial charge in [-0.15, -0.1) is 11.8 Å². The molecule has 2 fully saturated rings. The van der Waals surface area contributed by atoms with Crippen LogP contribution in [0.3, 0.4) is 0 Å². The summed E-state index contributed by atoms with van der Waals surface area (Å²) in [6.45, 7) is 2.23. The van der Waals surface area contributed by atoms with E-state index in [1.807, 2.05) is 25.1 Å². The predicted molar refractivity (Wildman–Crippen MR) is 90.4 cm³/mol. The first kappa shape index (κ1) is 17.5. The maximum absolute atomic E-state index is 9.02. The molecule has 2 heterocycles. The highest BCUT2D eigenvalue weighted by molar-refractivity contribution is 7.99. The molecular weight excluding hydrogens is 330 g/mol. The van der Waals surface area contributed by atoms with Crippen molar-refractivity contribution in [3.8, 4) is 0 Å². The van der Waals surface area contributed by atoms with Crippen molar-refractivity contribution >= 4 is 11.8 Å². The summed E-state index contributed by atoms with van der Waals surface area (Å²) in [6, 6.07) is 9.75. The highest BCUT2D eigenvalue weighted by Crippen LogP contribution is 2.37. The van der Waals surface area contributed by atoms with Gasteiger partial charge in [0.25, 0.3) is 0 Å². The van der Waals surface area contributed by atoms with Crippen LogP contribution in [0.25, 0.3) is 10.4 Å². The second-order valence-electron chi connectivity index (χ2n) is 5.74. The Kier molecular flexibility index (Phi) is 5.99. The van der Waals surface area contributed by atoms with Gasteiger partial charge in [0, 0.05) is 17.8 Å². The van der Waals surface area contributed by atoms with Gasteiger partial charge in [0.15, 0.2) is 12.6 Å². The molecule has 7 nitrogen and oxygen atoms in total. The normalized spacial score (nSPS) is 35.8. The zero-order chi connectivity index (χ0) is 16.9. The van der Waals surface area contributed by atoms with Crippen molar-refractivity contribution in [1.82, 2.24) is 0 Å². The van der Waals surface area contributed by atoms with E-state index in [1.54, 1.807) is 18.9 Å². The van der Waals surface area contributed by atoms with E-state index < -0.39 is 6.29 Å². The van der Waals surface area contributed by atoms with E-state index in [0.717, 1.165) is 5.75 Å². The summed E-state index contributed by atoms with van der Waals surface area (Å²) in [5, 5.41) is 3.86. The van der Waals surface area contributed by atoms with Crippen LogP contribution in [0, 0.1) is 0 Å². The first-order chi connectivity index (χ1) is 11.7. The fraction of sp³-hybridized carbons (Fsp3) is 0.625. The number of methoxy groups -OCH3 is 1. The molecule has 0 aromatic heterocycles. The molecule has 0 N–H and O–H groups in total. The van der Waals surface area contributed by atoms with Gasteiger partial charge in [0.05, 0.1) is 24.0 Å². The molecule has 0 amide bonds. The van der Waals surface area contributed by atoms with Crippen molar-refractivity contribution in [2.45, 2.75) is 48.8 Å². The SMILES string of the molecule is COC1OC2COC(C)OC2C(N=[N+]=[N-])C1SCc1ccccc1. The summed E-state index contributed by atoms with van der Waals surface area (Å²) in [6.07, 6.45) is -1.44. The maximum Gasteiger partial charge on any atom is 0.170 e. The number of ether oxygens (including phenoxy) is 4. The summed E-state index contributed by atoms with van der Waals surface area (Å²) >= 11 is 1.65. The Balaban J connectivity index is 1.78. The van der Waals surface area contributed by atoms with Crippen LogP contribution in [0.2, 0.25) is 0 Å². The van der Waals surface area contributed by atoms with E-state index in [9.17, 15) is 0 Å². The summed E-state index contributed by atoms with van der Waals surface area (Å²) in [5.41, 5.74) is 10.2. The number of nitrogens with zero attached hydrogens (tertiary/aromatic N) is 3. The van der Waals surface area contributed by atoms with Gasteiger partial charge in [-0.3, -0.25) is 0 Å². The van der Waals surface area contributed by atoms with Crippen LogP contribution in [-0.2, 0) is 24.7 Å². The lowest BCUT2D eigenvalue weighted by molar-refractivity contribution is -0.307. The molecule has 0 radical (unpaired) electrons. The molecule has 6 atom stereocenters. The number of fused-ring (bicyclic) bond motifs is 1. The monoisotopic (exact) mass is 351 g/mol. The van der Waals surface area contributed by atoms with Crippen LogP contribution in [0.1, 0.15) is 12.5 Å². The zero-order valence-corrected chi connectivity index (χ0v) is 14.5. The largest absolute Gasteiger partial charge is 0.355 e. The molecule has 0 bridgehead atoms. The Morgan fingerprint density at radius 1 is 1.33 bits per heavy atom. The van der Waals surface area contributed by atoms with E-state index in [4.69, 9.17) is 24.5 Å². The van der Waals surface area contributed by atoms with Gasteiger partial charge in [0.2, 0.25) is 0 Å². The fourth-order valence-corrected chi connectivity index (χ4v) is 4.33. The molecular formula is C16H21N3O4S. The minimum atomic E-state index is -0.476. The molecule has 8 heteroatoms. The van der Waals surface area contributed by atoms with Crippen LogP contribution in [0.5, 0.6) is 0 Å². The van der Waals surface area contributed by atoms with Crippen molar-refractivity contribution in [2.24, 2.45) is 5.11 Å². The molecule has 2 saturated heterocycles. The Morgan fingerprint density at radius 2 is 2.12 bits per heavy atom. The standard InChI is InChI=1S/C16H21N3O4S/c1-10-21-8-12-14(22-10)13(18-19-17)15(16(20-2)23-12)24-9-11-6-4-3-5-7-11/h3-7,10,12-16H,8-9H2,1-2H3.